The zero-order valence-corrected chi connectivity index (χ0v) is 10.5. The Bertz CT molecular complexity index is 783. The number of benzene rings is 1. The SMILES string of the molecule is Cc1cc2c3c(oc2cc1-c1cccc[n+]1C)C3. The molecule has 0 unspecified atom stereocenters. The number of nitrogens with zero attached hydrogens (tertiary/aromatic N) is 1. The highest BCUT2D eigenvalue weighted by Gasteiger charge is 2.27. The van der Waals surface area contributed by atoms with Gasteiger partial charge in [-0.3, -0.25) is 0 Å². The number of furan rings is 1. The standard InChI is InChI=1S/C16H14NO/c1-10-7-12-13-9-16(13)18-15(12)8-11(10)14-5-3-4-6-17(14)2/h3-8H,9H2,1-2H3/q+1. The highest BCUT2D eigenvalue weighted by atomic mass is 16.3. The Balaban J connectivity index is 2.01. The molecule has 0 atom stereocenters. The molecule has 0 amide bonds. The largest absolute Gasteiger partial charge is 0.460 e. The van der Waals surface area contributed by atoms with Gasteiger partial charge in [-0.25, -0.2) is 4.57 Å². The molecule has 1 aromatic carbocycles. The number of fused-ring (bicyclic) bond motifs is 3. The molecule has 4 rings (SSSR count). The second-order valence-corrected chi connectivity index (χ2v) is 5.04. The third-order valence-corrected chi connectivity index (χ3v) is 3.76. The lowest BCUT2D eigenvalue weighted by molar-refractivity contribution is -0.660. The molecule has 3 aromatic rings. The summed E-state index contributed by atoms with van der Waals surface area (Å²) in [6, 6.07) is 10.7. The van der Waals surface area contributed by atoms with Crippen molar-refractivity contribution < 1.29 is 8.98 Å². The van der Waals surface area contributed by atoms with Crippen molar-refractivity contribution in [3.63, 3.8) is 0 Å². The van der Waals surface area contributed by atoms with E-state index >= 15 is 0 Å². The fourth-order valence-electron chi connectivity index (χ4n) is 2.68. The first-order chi connectivity index (χ1) is 8.74. The summed E-state index contributed by atoms with van der Waals surface area (Å²) in [7, 11) is 2.07. The molecular weight excluding hydrogens is 222 g/mol. The van der Waals surface area contributed by atoms with Crippen LogP contribution in [-0.4, -0.2) is 0 Å². The Morgan fingerprint density at radius 1 is 1.22 bits per heavy atom. The van der Waals surface area contributed by atoms with Crippen molar-refractivity contribution in [1.29, 1.82) is 0 Å². The molecule has 2 heterocycles. The number of rotatable bonds is 1. The number of hydrogen-bond acceptors (Lipinski definition) is 1. The first kappa shape index (κ1) is 9.89. The molecule has 2 nitrogen and oxygen atoms in total. The molecule has 0 spiro atoms. The number of hydrogen-bond donors (Lipinski definition) is 0. The van der Waals surface area contributed by atoms with Gasteiger partial charge in [0.1, 0.15) is 18.4 Å². The molecule has 2 aromatic heterocycles. The molecule has 0 bridgehead atoms. The number of pyridine rings is 1. The summed E-state index contributed by atoms with van der Waals surface area (Å²) in [5.74, 6) is 1.17. The van der Waals surface area contributed by atoms with E-state index in [9.17, 15) is 0 Å². The molecule has 0 N–H and O–H groups in total. The van der Waals surface area contributed by atoms with Crippen LogP contribution in [0.5, 0.6) is 0 Å². The first-order valence-corrected chi connectivity index (χ1v) is 6.24. The van der Waals surface area contributed by atoms with E-state index in [4.69, 9.17) is 4.42 Å². The topological polar surface area (TPSA) is 17.0 Å². The maximum atomic E-state index is 5.81. The van der Waals surface area contributed by atoms with Crippen LogP contribution in [0.1, 0.15) is 16.9 Å². The van der Waals surface area contributed by atoms with Gasteiger partial charge in [-0.1, -0.05) is 0 Å². The van der Waals surface area contributed by atoms with E-state index < -0.39 is 0 Å². The van der Waals surface area contributed by atoms with Crippen LogP contribution in [0.15, 0.2) is 40.9 Å². The van der Waals surface area contributed by atoms with Gasteiger partial charge >= 0.3 is 0 Å². The second kappa shape index (κ2) is 3.22. The van der Waals surface area contributed by atoms with E-state index in [0.717, 1.165) is 12.0 Å². The summed E-state index contributed by atoms with van der Waals surface area (Å²) in [5, 5.41) is 1.30. The molecule has 0 aliphatic heterocycles. The smallest absolute Gasteiger partial charge is 0.212 e. The average molecular weight is 236 g/mol. The van der Waals surface area contributed by atoms with Crippen LogP contribution in [0.3, 0.4) is 0 Å². The third-order valence-electron chi connectivity index (χ3n) is 3.76. The van der Waals surface area contributed by atoms with Crippen LogP contribution in [0.4, 0.5) is 0 Å². The van der Waals surface area contributed by atoms with Gasteiger partial charge in [0.2, 0.25) is 5.69 Å². The van der Waals surface area contributed by atoms with Gasteiger partial charge in [-0.2, -0.15) is 0 Å². The average Bonchev–Trinajstić information content (AvgIpc) is 3.04. The molecule has 18 heavy (non-hydrogen) atoms. The molecule has 0 fully saturated rings. The monoisotopic (exact) mass is 236 g/mol. The second-order valence-electron chi connectivity index (χ2n) is 5.04. The van der Waals surface area contributed by atoms with Crippen LogP contribution in [0.2, 0.25) is 0 Å². The van der Waals surface area contributed by atoms with Gasteiger partial charge in [0.05, 0.1) is 5.56 Å². The number of aryl methyl sites for hydroxylation is 2. The minimum atomic E-state index is 1.02. The van der Waals surface area contributed by atoms with Gasteiger partial charge in [0.15, 0.2) is 6.20 Å². The van der Waals surface area contributed by atoms with Gasteiger partial charge in [-0.15, -0.1) is 0 Å². The Hall–Kier alpha value is -2.09. The summed E-state index contributed by atoms with van der Waals surface area (Å²) in [6.07, 6.45) is 3.12. The summed E-state index contributed by atoms with van der Waals surface area (Å²) in [4.78, 5) is 0. The Morgan fingerprint density at radius 3 is 2.94 bits per heavy atom. The van der Waals surface area contributed by atoms with Crippen LogP contribution in [0, 0.1) is 6.92 Å². The predicted octanol–water partition coefficient (Wildman–Crippen LogP) is 3.14. The molecule has 88 valence electrons. The van der Waals surface area contributed by atoms with E-state index in [-0.39, 0.29) is 0 Å². The van der Waals surface area contributed by atoms with E-state index in [2.05, 4.69) is 49.0 Å². The van der Waals surface area contributed by atoms with Gasteiger partial charge in [0.25, 0.3) is 0 Å². The minimum Gasteiger partial charge on any atom is -0.460 e. The van der Waals surface area contributed by atoms with Crippen molar-refractivity contribution in [1.82, 2.24) is 0 Å². The lowest BCUT2D eigenvalue weighted by atomic mass is 10.0. The maximum Gasteiger partial charge on any atom is 0.212 e. The highest BCUT2D eigenvalue weighted by molar-refractivity contribution is 5.90. The molecule has 2 heteroatoms. The Labute approximate surface area is 105 Å². The zero-order chi connectivity index (χ0) is 12.3. The van der Waals surface area contributed by atoms with Crippen LogP contribution in [-0.2, 0) is 13.5 Å². The Morgan fingerprint density at radius 2 is 2.11 bits per heavy atom. The minimum absolute atomic E-state index is 1.02. The van der Waals surface area contributed by atoms with Crippen molar-refractivity contribution >= 4 is 11.0 Å². The molecule has 0 saturated heterocycles. The van der Waals surface area contributed by atoms with E-state index in [0.29, 0.717) is 0 Å². The lowest BCUT2D eigenvalue weighted by Crippen LogP contribution is -2.30. The van der Waals surface area contributed by atoms with Crippen molar-refractivity contribution in [2.45, 2.75) is 13.3 Å². The summed E-state index contributed by atoms with van der Waals surface area (Å²) in [6.45, 7) is 2.17. The van der Waals surface area contributed by atoms with E-state index in [1.165, 1.54) is 33.5 Å². The summed E-state index contributed by atoms with van der Waals surface area (Å²) < 4.78 is 7.95. The fraction of sp³-hybridized carbons (Fsp3) is 0.188. The summed E-state index contributed by atoms with van der Waals surface area (Å²) in [5.41, 5.74) is 6.20. The van der Waals surface area contributed by atoms with Crippen molar-refractivity contribution in [3.05, 3.63) is 53.4 Å². The fourth-order valence-corrected chi connectivity index (χ4v) is 2.68. The van der Waals surface area contributed by atoms with Crippen LogP contribution in [0.25, 0.3) is 22.2 Å². The maximum absolute atomic E-state index is 5.81. The normalized spacial score (nSPS) is 12.8. The first-order valence-electron chi connectivity index (χ1n) is 6.24. The molecule has 1 aliphatic rings. The van der Waals surface area contributed by atoms with Crippen LogP contribution < -0.4 is 4.57 Å². The van der Waals surface area contributed by atoms with Crippen LogP contribution >= 0.6 is 0 Å². The predicted molar refractivity (Wildman–Crippen MR) is 70.4 cm³/mol. The van der Waals surface area contributed by atoms with E-state index in [1.807, 2.05) is 6.07 Å². The quantitative estimate of drug-likeness (QED) is 0.464. The molecule has 0 radical (unpaired) electrons. The van der Waals surface area contributed by atoms with Crippen molar-refractivity contribution in [2.24, 2.45) is 7.05 Å². The molecule has 1 aliphatic carbocycles. The molecular formula is C16H14NO+. The highest BCUT2D eigenvalue weighted by Crippen LogP contribution is 2.40. The van der Waals surface area contributed by atoms with Crippen molar-refractivity contribution in [2.75, 3.05) is 0 Å². The third kappa shape index (κ3) is 1.26. The lowest BCUT2D eigenvalue weighted by Gasteiger charge is -2.04. The van der Waals surface area contributed by atoms with Gasteiger partial charge in [0, 0.05) is 29.5 Å². The van der Waals surface area contributed by atoms with E-state index in [1.54, 1.807) is 0 Å². The van der Waals surface area contributed by atoms with Crippen molar-refractivity contribution in [3.8, 4) is 11.3 Å². The molecule has 0 saturated carbocycles. The zero-order valence-electron chi connectivity index (χ0n) is 10.5. The Kier molecular flexibility index (Phi) is 1.77. The van der Waals surface area contributed by atoms with Gasteiger partial charge in [-0.05, 0) is 30.7 Å². The van der Waals surface area contributed by atoms with Gasteiger partial charge < -0.3 is 4.42 Å². The number of aromatic nitrogens is 1. The summed E-state index contributed by atoms with van der Waals surface area (Å²) >= 11 is 0.